The summed E-state index contributed by atoms with van der Waals surface area (Å²) in [6, 6.07) is 66.5. The zero-order valence-electron chi connectivity index (χ0n) is 30.0. The Morgan fingerprint density at radius 3 is 1.04 bits per heavy atom. The van der Waals surface area contributed by atoms with E-state index in [2.05, 4.69) is 182 Å². The minimum Gasteiger partial charge on any atom is -0.416 e. The largest absolute Gasteiger partial charge is 0.416 e. The molecule has 4 aromatic heterocycles. The molecule has 0 spiro atoms. The van der Waals surface area contributed by atoms with Crippen LogP contribution in [0.2, 0.25) is 0 Å². The van der Waals surface area contributed by atoms with Crippen LogP contribution in [-0.4, -0.2) is 23.9 Å². The fourth-order valence-electron chi connectivity index (χ4n) is 8.90. The molecule has 12 rings (SSSR count). The summed E-state index contributed by atoms with van der Waals surface area (Å²) in [5, 5.41) is 16.1. The Kier molecular flexibility index (Phi) is 6.53. The van der Waals surface area contributed by atoms with Gasteiger partial charge in [-0.1, -0.05) is 109 Å². The summed E-state index contributed by atoms with van der Waals surface area (Å²) in [7, 11) is 0. The molecule has 8 aromatic carbocycles. The van der Waals surface area contributed by atoms with Gasteiger partial charge in [-0.15, -0.1) is 10.2 Å². The molecule has 0 saturated heterocycles. The van der Waals surface area contributed by atoms with Gasteiger partial charge < -0.3 is 18.1 Å². The average molecular weight is 718 g/mol. The van der Waals surface area contributed by atoms with Crippen LogP contribution in [0.4, 0.5) is 0 Å². The molecule has 262 valence electrons. The molecule has 6 heteroatoms. The lowest BCUT2D eigenvalue weighted by Crippen LogP contribution is -1.98. The minimum absolute atomic E-state index is 0.486. The molecular weight excluding hydrogens is 687 g/mol. The maximum atomic E-state index is 6.18. The molecule has 56 heavy (non-hydrogen) atoms. The van der Waals surface area contributed by atoms with E-state index in [4.69, 9.17) is 4.42 Å². The molecule has 0 aliphatic heterocycles. The Morgan fingerprint density at radius 1 is 0.304 bits per heavy atom. The Labute approximate surface area is 320 Å². The van der Waals surface area contributed by atoms with Gasteiger partial charge in [0.2, 0.25) is 11.8 Å². The van der Waals surface area contributed by atoms with Crippen molar-refractivity contribution in [1.82, 2.24) is 23.9 Å². The average Bonchev–Trinajstić information content (AvgIpc) is 4.05. The Hall–Kier alpha value is -7.70. The molecule has 0 unspecified atom stereocenters. The lowest BCUT2D eigenvalue weighted by Gasteiger charge is -2.13. The molecule has 4 heterocycles. The van der Waals surface area contributed by atoms with Crippen LogP contribution in [0.15, 0.2) is 192 Å². The van der Waals surface area contributed by atoms with Gasteiger partial charge in [-0.3, -0.25) is 0 Å². The number of benzene rings is 8. The third-order valence-corrected chi connectivity index (χ3v) is 11.2. The normalized spacial score (nSPS) is 11.9. The van der Waals surface area contributed by atoms with Crippen LogP contribution in [0.5, 0.6) is 0 Å². The molecule has 0 saturated carbocycles. The molecule has 0 bridgehead atoms. The lowest BCUT2D eigenvalue weighted by molar-refractivity contribution is 0.584. The number of nitrogens with zero attached hydrogens (tertiary/aromatic N) is 5. The first-order valence-electron chi connectivity index (χ1n) is 18.9. The third-order valence-electron chi connectivity index (χ3n) is 11.2. The van der Waals surface area contributed by atoms with Gasteiger partial charge in [0, 0.05) is 60.5 Å². The molecule has 0 aliphatic rings. The van der Waals surface area contributed by atoms with Gasteiger partial charge in [-0.05, 0) is 78.9 Å². The first-order chi connectivity index (χ1) is 27.8. The molecular formula is C50H31N5O. The van der Waals surface area contributed by atoms with Crippen LogP contribution in [0, 0.1) is 0 Å². The van der Waals surface area contributed by atoms with Gasteiger partial charge in [0.25, 0.3) is 0 Å². The Balaban J connectivity index is 1.26. The van der Waals surface area contributed by atoms with E-state index in [0.29, 0.717) is 11.8 Å². The highest BCUT2D eigenvalue weighted by Crippen LogP contribution is 2.50. The van der Waals surface area contributed by atoms with Crippen molar-refractivity contribution in [3.63, 3.8) is 0 Å². The summed E-state index contributed by atoms with van der Waals surface area (Å²) >= 11 is 0. The molecule has 0 atom stereocenters. The number of rotatable bonds is 5. The quantitative estimate of drug-likeness (QED) is 0.178. The van der Waals surface area contributed by atoms with Crippen LogP contribution in [-0.2, 0) is 0 Å². The van der Waals surface area contributed by atoms with Crippen LogP contribution >= 0.6 is 0 Å². The fraction of sp³-hybridized carbons (Fsp3) is 0. The van der Waals surface area contributed by atoms with Gasteiger partial charge in [0.1, 0.15) is 0 Å². The predicted molar refractivity (Wildman–Crippen MR) is 228 cm³/mol. The molecule has 0 fully saturated rings. The van der Waals surface area contributed by atoms with Crippen molar-refractivity contribution in [2.24, 2.45) is 0 Å². The summed E-state index contributed by atoms with van der Waals surface area (Å²) < 4.78 is 13.6. The molecule has 0 aliphatic carbocycles. The molecule has 6 nitrogen and oxygen atoms in total. The third kappa shape index (κ3) is 4.32. The summed E-state index contributed by atoms with van der Waals surface area (Å²) in [5.74, 6) is 0.988. The topological polar surface area (TPSA) is 53.7 Å². The van der Waals surface area contributed by atoms with Crippen LogP contribution in [0.1, 0.15) is 0 Å². The standard InChI is InChI=1S/C50H31N5O/c1-4-16-32(17-5-1)49-51-52-50(56-49)33-28-30-36(31-29-33)55-42-27-15-12-24-39(42)45-47-43(37-22-10-13-25-40(37)53(47)34-18-6-2-7-19-34)46-44(48(45)55)38-23-11-14-26-41(38)54(46)35-20-8-3-9-21-35/h1-31H. The van der Waals surface area contributed by atoms with Crippen molar-refractivity contribution >= 4 is 65.4 Å². The molecule has 0 radical (unpaired) electrons. The minimum atomic E-state index is 0.486. The van der Waals surface area contributed by atoms with Gasteiger partial charge in [0.15, 0.2) is 0 Å². The van der Waals surface area contributed by atoms with Crippen LogP contribution in [0.3, 0.4) is 0 Å². The summed E-state index contributed by atoms with van der Waals surface area (Å²) in [6.07, 6.45) is 0. The maximum Gasteiger partial charge on any atom is 0.248 e. The fourth-order valence-corrected chi connectivity index (χ4v) is 8.90. The van der Waals surface area contributed by atoms with E-state index in [1.807, 2.05) is 30.3 Å². The molecule has 0 amide bonds. The number of aromatic nitrogens is 5. The molecule has 0 N–H and O–H groups in total. The summed E-state index contributed by atoms with van der Waals surface area (Å²) in [5.41, 5.74) is 12.0. The van der Waals surface area contributed by atoms with Gasteiger partial charge in [0.05, 0.1) is 33.1 Å². The second kappa shape index (κ2) is 11.9. The smallest absolute Gasteiger partial charge is 0.248 e. The van der Waals surface area contributed by atoms with Gasteiger partial charge >= 0.3 is 0 Å². The van der Waals surface area contributed by atoms with E-state index in [-0.39, 0.29) is 0 Å². The van der Waals surface area contributed by atoms with Crippen molar-refractivity contribution in [2.75, 3.05) is 0 Å². The van der Waals surface area contributed by atoms with Crippen molar-refractivity contribution in [3.05, 3.63) is 188 Å². The highest BCUT2D eigenvalue weighted by molar-refractivity contribution is 6.40. The second-order valence-corrected chi connectivity index (χ2v) is 14.2. The lowest BCUT2D eigenvalue weighted by atomic mass is 10.0. The number of hydrogen-bond donors (Lipinski definition) is 0. The Bertz CT molecular complexity index is 3380. The SMILES string of the molecule is c1ccc(-c2nnc(-c3ccc(-n4c5ccccc5c5c6c(c7ccccc7n6-c6ccccc6)c6c(c7ccccc7n6-c6ccccc6)c54)cc3)o2)cc1. The molecule has 12 aromatic rings. The van der Waals surface area contributed by atoms with Crippen LogP contribution in [0.25, 0.3) is 105 Å². The highest BCUT2D eigenvalue weighted by Gasteiger charge is 2.28. The number of hydrogen-bond acceptors (Lipinski definition) is 3. The number of para-hydroxylation sites is 5. The summed E-state index contributed by atoms with van der Waals surface area (Å²) in [4.78, 5) is 0. The van der Waals surface area contributed by atoms with E-state index in [1.165, 1.54) is 48.9 Å². The van der Waals surface area contributed by atoms with E-state index in [9.17, 15) is 0 Å². The van der Waals surface area contributed by atoms with E-state index in [0.717, 1.165) is 44.7 Å². The number of fused-ring (bicyclic) bond motifs is 12. The van der Waals surface area contributed by atoms with Crippen molar-refractivity contribution in [2.45, 2.75) is 0 Å². The van der Waals surface area contributed by atoms with E-state index < -0.39 is 0 Å². The first-order valence-corrected chi connectivity index (χ1v) is 18.9. The van der Waals surface area contributed by atoms with Gasteiger partial charge in [-0.2, -0.15) is 0 Å². The van der Waals surface area contributed by atoms with Gasteiger partial charge in [-0.25, -0.2) is 0 Å². The maximum absolute atomic E-state index is 6.18. The van der Waals surface area contributed by atoms with Crippen molar-refractivity contribution in [3.8, 4) is 40.0 Å². The predicted octanol–water partition coefficient (Wildman–Crippen LogP) is 12.7. The van der Waals surface area contributed by atoms with Crippen LogP contribution < -0.4 is 0 Å². The van der Waals surface area contributed by atoms with Crippen molar-refractivity contribution in [1.29, 1.82) is 0 Å². The summed E-state index contributed by atoms with van der Waals surface area (Å²) in [6.45, 7) is 0. The van der Waals surface area contributed by atoms with E-state index >= 15 is 0 Å². The monoisotopic (exact) mass is 717 g/mol. The Morgan fingerprint density at radius 2 is 0.625 bits per heavy atom. The zero-order valence-corrected chi connectivity index (χ0v) is 30.0. The first kappa shape index (κ1) is 30.7. The zero-order chi connectivity index (χ0) is 36.7. The second-order valence-electron chi connectivity index (χ2n) is 14.2. The van der Waals surface area contributed by atoms with E-state index in [1.54, 1.807) is 0 Å². The highest BCUT2D eigenvalue weighted by atomic mass is 16.4. The van der Waals surface area contributed by atoms with Crippen molar-refractivity contribution < 1.29 is 4.42 Å².